The molecule has 0 bridgehead atoms. The van der Waals surface area contributed by atoms with E-state index >= 15 is 0 Å². The van der Waals surface area contributed by atoms with Crippen LogP contribution < -0.4 is 5.32 Å². The van der Waals surface area contributed by atoms with Crippen molar-refractivity contribution in [2.75, 3.05) is 0 Å². The number of likely N-dealkylation sites (tertiary alicyclic amines) is 1. The van der Waals surface area contributed by atoms with Crippen molar-refractivity contribution in [3.05, 3.63) is 0 Å². The Labute approximate surface area is 105 Å². The summed E-state index contributed by atoms with van der Waals surface area (Å²) in [6.45, 7) is 4.35. The van der Waals surface area contributed by atoms with Crippen LogP contribution in [0.5, 0.6) is 0 Å². The Hall–Kier alpha value is -0.730. The first-order valence-corrected chi connectivity index (χ1v) is 7.27. The van der Waals surface area contributed by atoms with Crippen molar-refractivity contribution in [3.63, 3.8) is 0 Å². The summed E-state index contributed by atoms with van der Waals surface area (Å²) in [5, 5.41) is 3.24. The van der Waals surface area contributed by atoms with Gasteiger partial charge in [0, 0.05) is 18.1 Å². The maximum absolute atomic E-state index is 12.3. The summed E-state index contributed by atoms with van der Waals surface area (Å²) in [5.41, 5.74) is 0. The number of nitrogens with one attached hydrogen (secondary N) is 1. The van der Waals surface area contributed by atoms with Crippen LogP contribution in [0.2, 0.25) is 0 Å². The molecule has 1 saturated heterocycles. The second-order valence-electron chi connectivity index (χ2n) is 5.82. The third kappa shape index (κ3) is 3.14. The molecule has 0 aromatic heterocycles. The lowest BCUT2D eigenvalue weighted by Crippen LogP contribution is -2.54. The minimum Gasteiger partial charge on any atom is -0.335 e. The molecule has 1 N–H and O–H groups in total. The van der Waals surface area contributed by atoms with Crippen LogP contribution in [0, 0.1) is 0 Å². The first kappa shape index (κ1) is 12.7. The number of hydrogen-bond donors (Lipinski definition) is 1. The SMILES string of the molecule is C[C@@H]1CCC[C@H](C)N1C(=O)NC1CCCCC1. The van der Waals surface area contributed by atoms with E-state index in [1.54, 1.807) is 0 Å². The van der Waals surface area contributed by atoms with E-state index in [1.807, 2.05) is 0 Å². The van der Waals surface area contributed by atoms with E-state index in [9.17, 15) is 4.79 Å². The van der Waals surface area contributed by atoms with E-state index in [1.165, 1.54) is 38.5 Å². The summed E-state index contributed by atoms with van der Waals surface area (Å²) in [6.07, 6.45) is 9.79. The van der Waals surface area contributed by atoms with Gasteiger partial charge >= 0.3 is 6.03 Å². The van der Waals surface area contributed by atoms with Gasteiger partial charge in [0.2, 0.25) is 0 Å². The highest BCUT2D eigenvalue weighted by atomic mass is 16.2. The topological polar surface area (TPSA) is 32.3 Å². The van der Waals surface area contributed by atoms with Crippen LogP contribution in [-0.2, 0) is 0 Å². The van der Waals surface area contributed by atoms with Gasteiger partial charge in [-0.15, -0.1) is 0 Å². The maximum atomic E-state index is 12.3. The molecule has 0 aromatic carbocycles. The van der Waals surface area contributed by atoms with Crippen LogP contribution in [-0.4, -0.2) is 29.1 Å². The van der Waals surface area contributed by atoms with Crippen molar-refractivity contribution in [1.82, 2.24) is 10.2 Å². The van der Waals surface area contributed by atoms with Gasteiger partial charge in [0.25, 0.3) is 0 Å². The van der Waals surface area contributed by atoms with Gasteiger partial charge in [0.1, 0.15) is 0 Å². The van der Waals surface area contributed by atoms with Crippen LogP contribution in [0.15, 0.2) is 0 Å². The molecule has 0 aromatic rings. The zero-order valence-corrected chi connectivity index (χ0v) is 11.2. The van der Waals surface area contributed by atoms with Gasteiger partial charge in [-0.3, -0.25) is 0 Å². The summed E-state index contributed by atoms with van der Waals surface area (Å²) in [7, 11) is 0. The average molecular weight is 238 g/mol. The highest BCUT2D eigenvalue weighted by molar-refractivity contribution is 5.75. The number of urea groups is 1. The van der Waals surface area contributed by atoms with Crippen molar-refractivity contribution < 1.29 is 4.79 Å². The number of rotatable bonds is 1. The lowest BCUT2D eigenvalue weighted by Gasteiger charge is -2.40. The predicted molar refractivity (Wildman–Crippen MR) is 70.0 cm³/mol. The van der Waals surface area contributed by atoms with Gasteiger partial charge in [-0.1, -0.05) is 19.3 Å². The van der Waals surface area contributed by atoms with Crippen molar-refractivity contribution in [3.8, 4) is 0 Å². The van der Waals surface area contributed by atoms with E-state index in [0.717, 1.165) is 12.8 Å². The predicted octanol–water partition coefficient (Wildman–Crippen LogP) is 3.29. The summed E-state index contributed by atoms with van der Waals surface area (Å²) in [5.74, 6) is 0. The fourth-order valence-electron chi connectivity index (χ4n) is 3.32. The molecule has 2 amide bonds. The quantitative estimate of drug-likeness (QED) is 0.747. The molecule has 1 aliphatic heterocycles. The van der Waals surface area contributed by atoms with Crippen LogP contribution in [0.1, 0.15) is 65.2 Å². The third-order valence-electron chi connectivity index (χ3n) is 4.36. The van der Waals surface area contributed by atoms with E-state index in [4.69, 9.17) is 0 Å². The van der Waals surface area contributed by atoms with Crippen LogP contribution in [0.4, 0.5) is 4.79 Å². The molecule has 2 atom stereocenters. The highest BCUT2D eigenvalue weighted by Gasteiger charge is 2.30. The third-order valence-corrected chi connectivity index (χ3v) is 4.36. The van der Waals surface area contributed by atoms with Crippen LogP contribution >= 0.6 is 0 Å². The zero-order valence-electron chi connectivity index (χ0n) is 11.2. The normalized spacial score (nSPS) is 31.3. The molecule has 2 rings (SSSR count). The zero-order chi connectivity index (χ0) is 12.3. The Bertz CT molecular complexity index is 251. The van der Waals surface area contributed by atoms with Gasteiger partial charge in [-0.2, -0.15) is 0 Å². The van der Waals surface area contributed by atoms with Crippen molar-refractivity contribution in [2.24, 2.45) is 0 Å². The molecular formula is C14H26N2O. The van der Waals surface area contributed by atoms with E-state index in [2.05, 4.69) is 24.1 Å². The molecule has 3 heteroatoms. The Kier molecular flexibility index (Phi) is 4.30. The van der Waals surface area contributed by atoms with Crippen molar-refractivity contribution >= 4 is 6.03 Å². The molecule has 0 radical (unpaired) electrons. The molecule has 1 aliphatic carbocycles. The minimum atomic E-state index is 0.177. The highest BCUT2D eigenvalue weighted by Crippen LogP contribution is 2.23. The molecule has 0 spiro atoms. The molecule has 98 valence electrons. The van der Waals surface area contributed by atoms with E-state index in [0.29, 0.717) is 18.1 Å². The number of hydrogen-bond acceptors (Lipinski definition) is 1. The lowest BCUT2D eigenvalue weighted by molar-refractivity contribution is 0.119. The van der Waals surface area contributed by atoms with E-state index < -0.39 is 0 Å². The summed E-state index contributed by atoms with van der Waals surface area (Å²) < 4.78 is 0. The smallest absolute Gasteiger partial charge is 0.318 e. The molecule has 1 heterocycles. The Morgan fingerprint density at radius 1 is 0.941 bits per heavy atom. The molecule has 2 aliphatic rings. The molecular weight excluding hydrogens is 212 g/mol. The number of carbonyl (C=O) groups is 1. The monoisotopic (exact) mass is 238 g/mol. The van der Waals surface area contributed by atoms with Gasteiger partial charge in [0.15, 0.2) is 0 Å². The standard InChI is InChI=1S/C14H26N2O/c1-11-7-6-8-12(2)16(11)14(17)15-13-9-4-3-5-10-13/h11-13H,3-10H2,1-2H3,(H,15,17)/t11-,12+. The van der Waals surface area contributed by atoms with Crippen LogP contribution in [0.25, 0.3) is 0 Å². The first-order chi connectivity index (χ1) is 8.18. The molecule has 2 fully saturated rings. The van der Waals surface area contributed by atoms with Gasteiger partial charge in [-0.25, -0.2) is 4.79 Å². The minimum absolute atomic E-state index is 0.177. The molecule has 3 nitrogen and oxygen atoms in total. The maximum Gasteiger partial charge on any atom is 0.318 e. The molecule has 17 heavy (non-hydrogen) atoms. The van der Waals surface area contributed by atoms with E-state index in [-0.39, 0.29) is 6.03 Å². The molecule has 0 unspecified atom stereocenters. The van der Waals surface area contributed by atoms with Crippen molar-refractivity contribution in [2.45, 2.75) is 83.3 Å². The molecule has 1 saturated carbocycles. The second kappa shape index (κ2) is 5.74. The largest absolute Gasteiger partial charge is 0.335 e. The first-order valence-electron chi connectivity index (χ1n) is 7.27. The van der Waals surface area contributed by atoms with Gasteiger partial charge in [-0.05, 0) is 46.0 Å². The Balaban J connectivity index is 1.88. The number of piperidine rings is 1. The Morgan fingerprint density at radius 3 is 2.12 bits per heavy atom. The van der Waals surface area contributed by atoms with Crippen LogP contribution in [0.3, 0.4) is 0 Å². The summed E-state index contributed by atoms with van der Waals surface area (Å²) in [4.78, 5) is 14.4. The number of amides is 2. The van der Waals surface area contributed by atoms with Gasteiger partial charge in [0.05, 0.1) is 0 Å². The second-order valence-corrected chi connectivity index (χ2v) is 5.82. The summed E-state index contributed by atoms with van der Waals surface area (Å²) >= 11 is 0. The Morgan fingerprint density at radius 2 is 1.53 bits per heavy atom. The van der Waals surface area contributed by atoms with Gasteiger partial charge < -0.3 is 10.2 Å². The summed E-state index contributed by atoms with van der Waals surface area (Å²) in [6, 6.07) is 1.42. The fourth-order valence-corrected chi connectivity index (χ4v) is 3.32. The number of nitrogens with zero attached hydrogens (tertiary/aromatic N) is 1. The van der Waals surface area contributed by atoms with Crippen molar-refractivity contribution in [1.29, 1.82) is 0 Å². The lowest BCUT2D eigenvalue weighted by atomic mass is 9.95. The fraction of sp³-hybridized carbons (Fsp3) is 0.929. The average Bonchev–Trinajstić information content (AvgIpc) is 2.30. The number of carbonyl (C=O) groups excluding carboxylic acids is 1.